The molecule has 0 spiro atoms. The fourth-order valence-corrected chi connectivity index (χ4v) is 4.29. The molecule has 23 heavy (non-hydrogen) atoms. The molecular weight excluding hydrogens is 427 g/mol. The number of hydrogen-bond acceptors (Lipinski definition) is 4. The molecule has 0 radical (unpaired) electrons. The first kappa shape index (κ1) is 19.1. The van der Waals surface area contributed by atoms with Gasteiger partial charge < -0.3 is 20.2 Å². The maximum absolute atomic E-state index is 12.3. The third-order valence-electron chi connectivity index (χ3n) is 4.48. The largest absolute Gasteiger partial charge is 0.387 e. The fourth-order valence-electron chi connectivity index (χ4n) is 3.01. The number of carbonyl (C=O) groups is 1. The number of hydrogen-bond donors (Lipinski definition) is 2. The molecule has 1 saturated carbocycles. The smallest absolute Gasteiger partial charge is 0.242 e. The topological polar surface area (TPSA) is 68.2 Å². The maximum atomic E-state index is 12.3. The number of thioether (sulfide) groups is 1. The van der Waals surface area contributed by atoms with Crippen molar-refractivity contribution in [2.75, 3.05) is 44.2 Å². The fraction of sp³-hybridized carbons (Fsp3) is 0.867. The van der Waals surface area contributed by atoms with Crippen LogP contribution in [0.1, 0.15) is 26.2 Å². The van der Waals surface area contributed by atoms with Gasteiger partial charge in [0, 0.05) is 31.4 Å². The quantitative estimate of drug-likeness (QED) is 0.373. The Morgan fingerprint density at radius 1 is 1.48 bits per heavy atom. The number of nitrogens with zero attached hydrogens (tertiary/aromatic N) is 3. The van der Waals surface area contributed by atoms with E-state index in [0.717, 1.165) is 56.4 Å². The SMILES string of the molecule is CCNC(=NCC1(O)CCSC1)N1CCN(C2CC2)C(=O)C1.I. The second-order valence-corrected chi connectivity index (χ2v) is 7.54. The van der Waals surface area contributed by atoms with Gasteiger partial charge in [0.05, 0.1) is 18.7 Å². The predicted octanol–water partition coefficient (Wildman–Crippen LogP) is 0.744. The van der Waals surface area contributed by atoms with Gasteiger partial charge in [-0.15, -0.1) is 24.0 Å². The molecule has 0 bridgehead atoms. The average molecular weight is 454 g/mol. The number of aliphatic imine (C=N–C) groups is 1. The van der Waals surface area contributed by atoms with Gasteiger partial charge in [0.1, 0.15) is 0 Å². The first-order valence-corrected chi connectivity index (χ1v) is 9.40. The second kappa shape index (κ2) is 8.24. The Kier molecular flexibility index (Phi) is 6.85. The molecule has 2 saturated heterocycles. The van der Waals surface area contributed by atoms with Gasteiger partial charge in [0.15, 0.2) is 5.96 Å². The summed E-state index contributed by atoms with van der Waals surface area (Å²) in [6.45, 7) is 5.21. The van der Waals surface area contributed by atoms with Crippen LogP contribution in [0.5, 0.6) is 0 Å². The van der Waals surface area contributed by atoms with E-state index in [9.17, 15) is 9.90 Å². The highest BCUT2D eigenvalue weighted by Crippen LogP contribution is 2.29. The van der Waals surface area contributed by atoms with Crippen LogP contribution < -0.4 is 5.32 Å². The summed E-state index contributed by atoms with van der Waals surface area (Å²) in [7, 11) is 0. The Bertz CT molecular complexity index is 453. The molecule has 3 aliphatic rings. The maximum Gasteiger partial charge on any atom is 0.242 e. The Labute approximate surface area is 159 Å². The summed E-state index contributed by atoms with van der Waals surface area (Å²) in [6.07, 6.45) is 3.12. The van der Waals surface area contributed by atoms with Crippen molar-refractivity contribution in [2.45, 2.75) is 37.8 Å². The first-order valence-electron chi connectivity index (χ1n) is 8.24. The van der Waals surface area contributed by atoms with Crippen molar-refractivity contribution in [2.24, 2.45) is 4.99 Å². The van der Waals surface area contributed by atoms with Crippen LogP contribution in [0.4, 0.5) is 0 Å². The van der Waals surface area contributed by atoms with Crippen LogP contribution in [0.2, 0.25) is 0 Å². The number of amides is 1. The van der Waals surface area contributed by atoms with Gasteiger partial charge >= 0.3 is 0 Å². The van der Waals surface area contributed by atoms with Crippen molar-refractivity contribution in [3.63, 3.8) is 0 Å². The van der Waals surface area contributed by atoms with Crippen molar-refractivity contribution >= 4 is 47.6 Å². The van der Waals surface area contributed by atoms with E-state index in [1.165, 1.54) is 0 Å². The highest BCUT2D eigenvalue weighted by Gasteiger charge is 2.37. The first-order chi connectivity index (χ1) is 10.6. The van der Waals surface area contributed by atoms with Crippen molar-refractivity contribution < 1.29 is 9.90 Å². The molecule has 2 heterocycles. The zero-order valence-corrected chi connectivity index (χ0v) is 16.8. The molecule has 1 atom stereocenters. The molecule has 6 nitrogen and oxygen atoms in total. The number of piperazine rings is 1. The molecule has 3 fully saturated rings. The van der Waals surface area contributed by atoms with E-state index < -0.39 is 5.60 Å². The molecule has 8 heteroatoms. The van der Waals surface area contributed by atoms with Crippen LogP contribution in [-0.4, -0.2) is 82.6 Å². The molecule has 3 rings (SSSR count). The number of guanidine groups is 1. The lowest BCUT2D eigenvalue weighted by molar-refractivity contribution is -0.135. The molecule has 1 unspecified atom stereocenters. The van der Waals surface area contributed by atoms with Gasteiger partial charge in [-0.1, -0.05) is 0 Å². The summed E-state index contributed by atoms with van der Waals surface area (Å²) >= 11 is 1.78. The molecule has 2 aliphatic heterocycles. The molecule has 132 valence electrons. The number of rotatable bonds is 4. The minimum atomic E-state index is -0.675. The molecule has 1 amide bonds. The summed E-state index contributed by atoms with van der Waals surface area (Å²) < 4.78 is 0. The standard InChI is InChI=1S/C15H26N4O2S.HI/c1-2-16-14(17-10-15(21)5-8-22-11-15)18-6-7-19(12-3-4-12)13(20)9-18;/h12,21H,2-11H2,1H3,(H,16,17);1H. The van der Waals surface area contributed by atoms with Gasteiger partial charge in [-0.05, 0) is 31.9 Å². The van der Waals surface area contributed by atoms with E-state index in [1.54, 1.807) is 11.8 Å². The molecule has 1 aliphatic carbocycles. The Balaban J connectivity index is 0.00000192. The van der Waals surface area contributed by atoms with Crippen LogP contribution in [0, 0.1) is 0 Å². The monoisotopic (exact) mass is 454 g/mol. The van der Waals surface area contributed by atoms with Gasteiger partial charge in [0.25, 0.3) is 0 Å². The van der Waals surface area contributed by atoms with E-state index in [4.69, 9.17) is 0 Å². The van der Waals surface area contributed by atoms with Crippen LogP contribution in [0.15, 0.2) is 4.99 Å². The van der Waals surface area contributed by atoms with Crippen molar-refractivity contribution in [3.05, 3.63) is 0 Å². The van der Waals surface area contributed by atoms with E-state index >= 15 is 0 Å². The minimum Gasteiger partial charge on any atom is -0.387 e. The Hall–Kier alpha value is -0.220. The third-order valence-corrected chi connectivity index (χ3v) is 5.72. The van der Waals surface area contributed by atoms with Crippen molar-refractivity contribution in [1.29, 1.82) is 0 Å². The van der Waals surface area contributed by atoms with Crippen LogP contribution in [-0.2, 0) is 4.79 Å². The number of carbonyl (C=O) groups excluding carboxylic acids is 1. The highest BCUT2D eigenvalue weighted by atomic mass is 127. The molecular formula is C15H27IN4O2S. The summed E-state index contributed by atoms with van der Waals surface area (Å²) in [5, 5.41) is 13.7. The van der Waals surface area contributed by atoms with Gasteiger partial charge in [-0.25, -0.2) is 0 Å². The summed E-state index contributed by atoms with van der Waals surface area (Å²) in [5.41, 5.74) is -0.675. The number of nitrogens with one attached hydrogen (secondary N) is 1. The van der Waals surface area contributed by atoms with Crippen molar-refractivity contribution in [3.8, 4) is 0 Å². The zero-order chi connectivity index (χ0) is 15.6. The Morgan fingerprint density at radius 3 is 2.83 bits per heavy atom. The minimum absolute atomic E-state index is 0. The lowest BCUT2D eigenvalue weighted by atomic mass is 10.0. The second-order valence-electron chi connectivity index (χ2n) is 6.44. The Morgan fingerprint density at radius 2 is 2.26 bits per heavy atom. The lowest BCUT2D eigenvalue weighted by Gasteiger charge is -2.36. The summed E-state index contributed by atoms with van der Waals surface area (Å²) in [6, 6.07) is 0.491. The summed E-state index contributed by atoms with van der Waals surface area (Å²) in [5.74, 6) is 2.72. The van der Waals surface area contributed by atoms with Gasteiger partial charge in [-0.2, -0.15) is 11.8 Å². The molecule has 0 aromatic rings. The van der Waals surface area contributed by atoms with Crippen LogP contribution in [0.25, 0.3) is 0 Å². The van der Waals surface area contributed by atoms with Gasteiger partial charge in [-0.3, -0.25) is 9.79 Å². The van der Waals surface area contributed by atoms with E-state index in [0.29, 0.717) is 19.1 Å². The highest BCUT2D eigenvalue weighted by molar-refractivity contribution is 14.0. The van der Waals surface area contributed by atoms with E-state index in [-0.39, 0.29) is 29.9 Å². The lowest BCUT2D eigenvalue weighted by Crippen LogP contribution is -2.56. The summed E-state index contributed by atoms with van der Waals surface area (Å²) in [4.78, 5) is 20.9. The number of halogens is 1. The predicted molar refractivity (Wildman–Crippen MR) is 105 cm³/mol. The number of aliphatic hydroxyl groups is 1. The third kappa shape index (κ3) is 4.88. The van der Waals surface area contributed by atoms with Gasteiger partial charge in [0.2, 0.25) is 5.91 Å². The zero-order valence-electron chi connectivity index (χ0n) is 13.7. The molecule has 0 aromatic carbocycles. The molecule has 0 aromatic heterocycles. The van der Waals surface area contributed by atoms with Crippen LogP contribution >= 0.6 is 35.7 Å². The van der Waals surface area contributed by atoms with Crippen molar-refractivity contribution in [1.82, 2.24) is 15.1 Å². The van der Waals surface area contributed by atoms with E-state index in [1.807, 2.05) is 16.7 Å². The van der Waals surface area contributed by atoms with E-state index in [2.05, 4.69) is 10.3 Å². The van der Waals surface area contributed by atoms with Crippen LogP contribution in [0.3, 0.4) is 0 Å². The normalized spacial score (nSPS) is 28.8. The molecule has 2 N–H and O–H groups in total. The average Bonchev–Trinajstić information content (AvgIpc) is 3.25.